The van der Waals surface area contributed by atoms with Crippen molar-refractivity contribution in [3.05, 3.63) is 90.0 Å². The number of benzene rings is 1. The highest BCUT2D eigenvalue weighted by molar-refractivity contribution is 6.24. The summed E-state index contributed by atoms with van der Waals surface area (Å²) in [6.07, 6.45) is 1.55. The van der Waals surface area contributed by atoms with Crippen LogP contribution in [-0.4, -0.2) is 38.0 Å². The quantitative estimate of drug-likeness (QED) is 0.0937. The smallest absolute Gasteiger partial charge is 0.384 e. The number of pyridine rings is 2. The number of nitrogen functional groups attached to an aromatic ring is 1. The lowest BCUT2D eigenvalue weighted by Crippen LogP contribution is -2.25. The summed E-state index contributed by atoms with van der Waals surface area (Å²) in [7, 11) is 0. The van der Waals surface area contributed by atoms with Gasteiger partial charge in [-0.2, -0.15) is 18.3 Å². The number of amides is 1. The zero-order chi connectivity index (χ0) is 29.6. The van der Waals surface area contributed by atoms with Gasteiger partial charge in [-0.15, -0.1) is 0 Å². The molecule has 1 amide bonds. The minimum Gasteiger partial charge on any atom is -0.384 e. The maximum absolute atomic E-state index is 13.8. The predicted molar refractivity (Wildman–Crippen MR) is 150 cm³/mol. The van der Waals surface area contributed by atoms with E-state index >= 15 is 0 Å². The molecule has 0 aliphatic heterocycles. The molecule has 0 saturated carbocycles. The number of nitrogens with zero attached hydrogens (tertiary/aromatic N) is 4. The lowest BCUT2D eigenvalue weighted by molar-refractivity contribution is -0.148. The third-order valence-electron chi connectivity index (χ3n) is 6.13. The third kappa shape index (κ3) is 7.41. The molecule has 0 radical (unpaired) electrons. The molecule has 0 aliphatic rings. The van der Waals surface area contributed by atoms with Gasteiger partial charge in [-0.1, -0.05) is 49.4 Å². The highest BCUT2D eigenvalue weighted by Gasteiger charge is 2.37. The van der Waals surface area contributed by atoms with Crippen LogP contribution in [0.3, 0.4) is 0 Å². The molecule has 4 N–H and O–H groups in total. The summed E-state index contributed by atoms with van der Waals surface area (Å²) in [6.45, 7) is 3.28. The molecule has 12 heteroatoms. The van der Waals surface area contributed by atoms with E-state index in [9.17, 15) is 22.4 Å². The predicted octanol–water partition coefficient (Wildman–Crippen LogP) is 6.41. The Balaban J connectivity index is 1.59. The molecule has 3 heterocycles. The van der Waals surface area contributed by atoms with E-state index in [4.69, 9.17) is 5.73 Å². The van der Waals surface area contributed by atoms with Crippen molar-refractivity contribution in [2.45, 2.75) is 33.0 Å². The van der Waals surface area contributed by atoms with E-state index in [1.165, 1.54) is 19.1 Å². The molecule has 1 unspecified atom stereocenters. The molecule has 0 saturated heterocycles. The summed E-state index contributed by atoms with van der Waals surface area (Å²) in [4.78, 5) is 25.5. The molecule has 8 nitrogen and oxygen atoms in total. The fraction of sp³-hybridized carbons (Fsp3) is 0.207. The van der Waals surface area contributed by atoms with Gasteiger partial charge in [-0.3, -0.25) is 14.9 Å². The normalized spacial score (nSPS) is 13.6. The van der Waals surface area contributed by atoms with Crippen LogP contribution in [0.15, 0.2) is 83.7 Å². The van der Waals surface area contributed by atoms with Gasteiger partial charge >= 0.3 is 6.18 Å². The molecule has 0 spiro atoms. The number of rotatable bonds is 9. The van der Waals surface area contributed by atoms with Crippen molar-refractivity contribution in [3.63, 3.8) is 0 Å². The van der Waals surface area contributed by atoms with Crippen LogP contribution in [0, 0.1) is 11.7 Å². The molecule has 41 heavy (non-hydrogen) atoms. The largest absolute Gasteiger partial charge is 0.398 e. The number of halogens is 4. The number of aromatic amines is 1. The molecular weight excluding hydrogens is 538 g/mol. The van der Waals surface area contributed by atoms with Gasteiger partial charge in [-0.25, -0.2) is 14.4 Å². The lowest BCUT2D eigenvalue weighted by Gasteiger charge is -2.16. The Bertz CT molecular complexity index is 1610. The summed E-state index contributed by atoms with van der Waals surface area (Å²) >= 11 is 0. The molecule has 1 aromatic carbocycles. The number of aliphatic imine (C=N–C) groups is 1. The van der Waals surface area contributed by atoms with Gasteiger partial charge in [-0.05, 0) is 42.7 Å². The fourth-order valence-electron chi connectivity index (χ4n) is 3.89. The summed E-state index contributed by atoms with van der Waals surface area (Å²) < 4.78 is 54.6. The van der Waals surface area contributed by atoms with Crippen LogP contribution in [0.2, 0.25) is 0 Å². The fourth-order valence-corrected chi connectivity index (χ4v) is 3.89. The molecule has 4 aromatic rings. The number of alkyl halides is 3. The minimum absolute atomic E-state index is 0.0109. The monoisotopic (exact) mass is 565 g/mol. The number of aromatic nitrogens is 4. The van der Waals surface area contributed by atoms with Crippen LogP contribution in [0.4, 0.5) is 29.2 Å². The van der Waals surface area contributed by atoms with Crippen molar-refractivity contribution in [1.29, 1.82) is 0 Å². The van der Waals surface area contributed by atoms with E-state index < -0.39 is 23.8 Å². The van der Waals surface area contributed by atoms with Crippen molar-refractivity contribution in [2.24, 2.45) is 10.9 Å². The molecule has 0 aliphatic carbocycles. The molecule has 212 valence electrons. The van der Waals surface area contributed by atoms with Crippen LogP contribution in [0.5, 0.6) is 0 Å². The number of nitrogens with one attached hydrogen (secondary N) is 2. The number of hydrogen-bond acceptors (Lipinski definition) is 6. The third-order valence-corrected chi connectivity index (χ3v) is 6.13. The first kappa shape index (κ1) is 29.1. The van der Waals surface area contributed by atoms with Gasteiger partial charge in [0.1, 0.15) is 17.5 Å². The van der Waals surface area contributed by atoms with Crippen LogP contribution in [0.25, 0.3) is 22.2 Å². The Kier molecular flexibility index (Phi) is 8.91. The Morgan fingerprint density at radius 3 is 2.54 bits per heavy atom. The van der Waals surface area contributed by atoms with Crippen LogP contribution in [0.1, 0.15) is 25.8 Å². The first-order valence-electron chi connectivity index (χ1n) is 12.6. The maximum atomic E-state index is 13.8. The Morgan fingerprint density at radius 1 is 1.12 bits per heavy atom. The van der Waals surface area contributed by atoms with E-state index in [1.807, 2.05) is 30.3 Å². The van der Waals surface area contributed by atoms with Gasteiger partial charge in [0.25, 0.3) is 5.91 Å². The second-order valence-electron chi connectivity index (χ2n) is 9.13. The van der Waals surface area contributed by atoms with Crippen molar-refractivity contribution in [3.8, 4) is 11.1 Å². The molecule has 0 fully saturated rings. The number of H-pyrrole nitrogens is 1. The van der Waals surface area contributed by atoms with E-state index in [0.717, 1.165) is 41.1 Å². The number of nitrogens with two attached hydrogens (primary N) is 1. The molecule has 3 aromatic heterocycles. The van der Waals surface area contributed by atoms with Crippen molar-refractivity contribution < 1.29 is 22.4 Å². The topological polar surface area (TPSA) is 122 Å². The summed E-state index contributed by atoms with van der Waals surface area (Å²) in [5.74, 6) is -3.07. The molecule has 1 atom stereocenters. The Labute approximate surface area is 233 Å². The van der Waals surface area contributed by atoms with Gasteiger partial charge in [0.15, 0.2) is 5.65 Å². The van der Waals surface area contributed by atoms with Gasteiger partial charge in [0.05, 0.1) is 29.6 Å². The molecular formula is C29H27F4N7O. The molecule has 4 rings (SSSR count). The first-order chi connectivity index (χ1) is 19.5. The number of carbonyl (C=O) groups is 1. The van der Waals surface area contributed by atoms with Crippen molar-refractivity contribution in [2.75, 3.05) is 11.1 Å². The van der Waals surface area contributed by atoms with Crippen LogP contribution in [-0.2, 0) is 11.3 Å². The van der Waals surface area contributed by atoms with E-state index in [1.54, 1.807) is 13.1 Å². The van der Waals surface area contributed by atoms with E-state index in [0.29, 0.717) is 23.3 Å². The SMILES string of the molecule is CCC=CC(/C=C(/C(=O)Nc1ccc(F)cn1)C(C)=NCc1ccc(-c2cnc3n[nH]c(N)c3c2)cc1)C(F)(F)F. The van der Waals surface area contributed by atoms with Crippen molar-refractivity contribution >= 4 is 34.3 Å². The number of fused-ring (bicyclic) bond motifs is 1. The van der Waals surface area contributed by atoms with E-state index in [2.05, 4.69) is 30.5 Å². The maximum Gasteiger partial charge on any atom is 0.398 e. The highest BCUT2D eigenvalue weighted by atomic mass is 19.4. The first-order valence-corrected chi connectivity index (χ1v) is 12.6. The zero-order valence-corrected chi connectivity index (χ0v) is 22.2. The Morgan fingerprint density at radius 2 is 1.88 bits per heavy atom. The van der Waals surface area contributed by atoms with E-state index in [-0.39, 0.29) is 23.6 Å². The van der Waals surface area contributed by atoms with Crippen LogP contribution >= 0.6 is 0 Å². The summed E-state index contributed by atoms with van der Waals surface area (Å²) in [5, 5.41) is 9.82. The summed E-state index contributed by atoms with van der Waals surface area (Å²) in [6, 6.07) is 11.5. The Hall–Kier alpha value is -4.87. The summed E-state index contributed by atoms with van der Waals surface area (Å²) in [5.41, 5.74) is 8.69. The average molecular weight is 566 g/mol. The lowest BCUT2D eigenvalue weighted by atomic mass is 10.0. The zero-order valence-electron chi connectivity index (χ0n) is 22.2. The number of carbonyl (C=O) groups excluding carboxylic acids is 1. The highest BCUT2D eigenvalue weighted by Crippen LogP contribution is 2.30. The molecule has 0 bridgehead atoms. The number of anilines is 2. The minimum atomic E-state index is -4.62. The number of allylic oxidation sites excluding steroid dienone is 3. The second kappa shape index (κ2) is 12.5. The standard InChI is InChI=1S/C29H27F4N7O/c1-3-4-5-21(29(31,32)33)13-23(28(41)38-25-11-10-22(30)16-36-25)17(2)35-14-18-6-8-19(9-7-18)20-12-24-26(34)39-40-27(24)37-15-20/h4-13,15-16,21H,3,14H2,1-2H3,(H,36,38,41)(H3,34,37,39,40)/b5-4?,23-13+,35-17?. The van der Waals surface area contributed by atoms with Crippen molar-refractivity contribution in [1.82, 2.24) is 20.2 Å². The number of hydrogen-bond donors (Lipinski definition) is 3. The van der Waals surface area contributed by atoms with Crippen LogP contribution < -0.4 is 11.1 Å². The second-order valence-corrected chi connectivity index (χ2v) is 9.13. The average Bonchev–Trinajstić information content (AvgIpc) is 3.32. The van der Waals surface area contributed by atoms with Gasteiger partial charge in [0, 0.05) is 17.5 Å². The van der Waals surface area contributed by atoms with Gasteiger partial charge < -0.3 is 11.1 Å². The van der Waals surface area contributed by atoms with Gasteiger partial charge in [0.2, 0.25) is 0 Å².